The lowest BCUT2D eigenvalue weighted by Gasteiger charge is -2.25. The van der Waals surface area contributed by atoms with Gasteiger partial charge in [-0.05, 0) is 48.1 Å². The van der Waals surface area contributed by atoms with Crippen LogP contribution in [0.25, 0.3) is 0 Å². The largest absolute Gasteiger partial charge is 0.309 e. The smallest absolute Gasteiger partial charge is 0.0317 e. The molecule has 1 fully saturated rings. The maximum absolute atomic E-state index is 3.81. The van der Waals surface area contributed by atoms with E-state index in [0.29, 0.717) is 11.5 Å². The summed E-state index contributed by atoms with van der Waals surface area (Å²) in [5.74, 6) is 0.806. The van der Waals surface area contributed by atoms with Crippen LogP contribution in [0.1, 0.15) is 64.1 Å². The molecule has 0 aromatic heterocycles. The summed E-state index contributed by atoms with van der Waals surface area (Å²) in [6, 6.07) is 9.66. The molecule has 2 rings (SSSR count). The summed E-state index contributed by atoms with van der Waals surface area (Å²) < 4.78 is 0. The fraction of sp³-hybridized carbons (Fsp3) is 0.667. The van der Waals surface area contributed by atoms with Gasteiger partial charge < -0.3 is 5.32 Å². The predicted molar refractivity (Wildman–Crippen MR) is 83.4 cm³/mol. The Morgan fingerprint density at radius 2 is 1.74 bits per heavy atom. The highest BCUT2D eigenvalue weighted by Crippen LogP contribution is 2.51. The molecule has 1 N–H and O–H groups in total. The van der Waals surface area contributed by atoms with Gasteiger partial charge in [0.1, 0.15) is 0 Å². The van der Waals surface area contributed by atoms with E-state index in [2.05, 4.69) is 57.3 Å². The third kappa shape index (κ3) is 3.39. The number of aryl methyl sites for hydroxylation is 1. The molecular formula is C18H29N. The van der Waals surface area contributed by atoms with E-state index in [1.165, 1.54) is 36.9 Å². The quantitative estimate of drug-likeness (QED) is 0.746. The highest BCUT2D eigenvalue weighted by atomic mass is 14.9. The first-order valence-electron chi connectivity index (χ1n) is 7.93. The summed E-state index contributed by atoms with van der Waals surface area (Å²) in [5, 5.41) is 3.81. The van der Waals surface area contributed by atoms with Gasteiger partial charge >= 0.3 is 0 Å². The number of hydrogen-bond acceptors (Lipinski definition) is 1. The van der Waals surface area contributed by atoms with Gasteiger partial charge in [0, 0.05) is 12.6 Å². The summed E-state index contributed by atoms with van der Waals surface area (Å²) in [7, 11) is 0. The van der Waals surface area contributed by atoms with E-state index in [9.17, 15) is 0 Å². The topological polar surface area (TPSA) is 12.0 Å². The molecule has 1 heteroatoms. The van der Waals surface area contributed by atoms with E-state index in [4.69, 9.17) is 0 Å². The van der Waals surface area contributed by atoms with Gasteiger partial charge in [-0.3, -0.25) is 0 Å². The molecule has 1 unspecified atom stereocenters. The molecule has 1 aliphatic rings. The Balaban J connectivity index is 1.96. The first-order valence-corrected chi connectivity index (χ1v) is 7.93. The Morgan fingerprint density at radius 1 is 1.11 bits per heavy atom. The maximum atomic E-state index is 3.81. The van der Waals surface area contributed by atoms with E-state index >= 15 is 0 Å². The molecule has 19 heavy (non-hydrogen) atoms. The Hall–Kier alpha value is -0.820. The summed E-state index contributed by atoms with van der Waals surface area (Å²) >= 11 is 0. The SMILES string of the molecule is CCc1ccc(C(CC)NCC2(C(C)C)CC2)cc1. The van der Waals surface area contributed by atoms with Gasteiger partial charge in [0.25, 0.3) is 0 Å². The Bertz CT molecular complexity index is 387. The molecule has 0 spiro atoms. The van der Waals surface area contributed by atoms with Gasteiger partial charge in [0.2, 0.25) is 0 Å². The van der Waals surface area contributed by atoms with Gasteiger partial charge in [-0.25, -0.2) is 0 Å². The Morgan fingerprint density at radius 3 is 2.16 bits per heavy atom. The van der Waals surface area contributed by atoms with Gasteiger partial charge in [-0.15, -0.1) is 0 Å². The second-order valence-electron chi connectivity index (χ2n) is 6.45. The number of hydrogen-bond donors (Lipinski definition) is 1. The minimum Gasteiger partial charge on any atom is -0.309 e. The minimum absolute atomic E-state index is 0.516. The average Bonchev–Trinajstić information content (AvgIpc) is 3.21. The first kappa shape index (κ1) is 14.6. The summed E-state index contributed by atoms with van der Waals surface area (Å²) in [6.45, 7) is 10.4. The van der Waals surface area contributed by atoms with Crippen LogP contribution in [0.5, 0.6) is 0 Å². The maximum Gasteiger partial charge on any atom is 0.0317 e. The van der Waals surface area contributed by atoms with Crippen molar-refractivity contribution in [3.8, 4) is 0 Å². The fourth-order valence-electron chi connectivity index (χ4n) is 2.93. The van der Waals surface area contributed by atoms with Gasteiger partial charge in [0.15, 0.2) is 0 Å². The molecule has 106 valence electrons. The number of nitrogens with one attached hydrogen (secondary N) is 1. The molecule has 1 aromatic rings. The third-order valence-corrected chi connectivity index (χ3v) is 5.02. The zero-order valence-corrected chi connectivity index (χ0v) is 13.0. The highest BCUT2D eigenvalue weighted by molar-refractivity contribution is 5.25. The van der Waals surface area contributed by atoms with Crippen LogP contribution >= 0.6 is 0 Å². The molecule has 1 saturated carbocycles. The standard InChI is InChI=1S/C18H29N/c1-5-15-7-9-16(10-8-15)17(6-2)19-13-18(11-12-18)14(3)4/h7-10,14,17,19H,5-6,11-13H2,1-4H3. The fourth-order valence-corrected chi connectivity index (χ4v) is 2.93. The zero-order chi connectivity index (χ0) is 13.9. The van der Waals surface area contributed by atoms with Crippen molar-refractivity contribution in [2.24, 2.45) is 11.3 Å². The van der Waals surface area contributed by atoms with Gasteiger partial charge in [-0.1, -0.05) is 52.0 Å². The molecule has 0 saturated heterocycles. The molecule has 1 nitrogen and oxygen atoms in total. The van der Waals surface area contributed by atoms with E-state index in [1.807, 2.05) is 0 Å². The molecule has 0 aliphatic heterocycles. The van der Waals surface area contributed by atoms with Crippen LogP contribution in [0.2, 0.25) is 0 Å². The van der Waals surface area contributed by atoms with Crippen molar-refractivity contribution in [3.63, 3.8) is 0 Å². The van der Waals surface area contributed by atoms with Gasteiger partial charge in [0.05, 0.1) is 0 Å². The molecule has 0 radical (unpaired) electrons. The van der Waals surface area contributed by atoms with Crippen LogP contribution < -0.4 is 5.32 Å². The van der Waals surface area contributed by atoms with E-state index < -0.39 is 0 Å². The van der Waals surface area contributed by atoms with E-state index in [1.54, 1.807) is 0 Å². The minimum atomic E-state index is 0.516. The predicted octanol–water partition coefficient (Wildman–Crippen LogP) is 4.73. The molecule has 0 bridgehead atoms. The van der Waals surface area contributed by atoms with Crippen LogP contribution in [-0.4, -0.2) is 6.54 Å². The molecule has 1 aliphatic carbocycles. The molecule has 0 amide bonds. The van der Waals surface area contributed by atoms with E-state index in [0.717, 1.165) is 12.3 Å². The van der Waals surface area contributed by atoms with Crippen LogP contribution in [0.4, 0.5) is 0 Å². The first-order chi connectivity index (χ1) is 9.11. The zero-order valence-electron chi connectivity index (χ0n) is 13.0. The van der Waals surface area contributed by atoms with Crippen molar-refractivity contribution >= 4 is 0 Å². The lowest BCUT2D eigenvalue weighted by molar-refractivity contribution is 0.318. The average molecular weight is 259 g/mol. The molecule has 1 atom stereocenters. The van der Waals surface area contributed by atoms with Crippen molar-refractivity contribution in [1.29, 1.82) is 0 Å². The normalized spacial score (nSPS) is 18.6. The van der Waals surface area contributed by atoms with Crippen molar-refractivity contribution < 1.29 is 0 Å². The second kappa shape index (κ2) is 6.09. The summed E-state index contributed by atoms with van der Waals surface area (Å²) in [6.07, 6.45) is 5.10. The van der Waals surface area contributed by atoms with E-state index in [-0.39, 0.29) is 0 Å². The second-order valence-corrected chi connectivity index (χ2v) is 6.45. The van der Waals surface area contributed by atoms with Crippen LogP contribution in [0, 0.1) is 11.3 Å². The molecular weight excluding hydrogens is 230 g/mol. The number of rotatable bonds is 7. The van der Waals surface area contributed by atoms with Crippen molar-refractivity contribution in [1.82, 2.24) is 5.32 Å². The van der Waals surface area contributed by atoms with Crippen molar-refractivity contribution in [2.45, 2.75) is 59.4 Å². The Labute approximate surface area is 118 Å². The molecule has 1 aromatic carbocycles. The van der Waals surface area contributed by atoms with Crippen molar-refractivity contribution in [2.75, 3.05) is 6.54 Å². The Kier molecular flexibility index (Phi) is 4.67. The highest BCUT2D eigenvalue weighted by Gasteiger charge is 2.44. The van der Waals surface area contributed by atoms with Crippen molar-refractivity contribution in [3.05, 3.63) is 35.4 Å². The van der Waals surface area contributed by atoms with Crippen LogP contribution in [0.15, 0.2) is 24.3 Å². The molecule has 0 heterocycles. The lowest BCUT2D eigenvalue weighted by atomic mass is 9.91. The summed E-state index contributed by atoms with van der Waals surface area (Å²) in [5.41, 5.74) is 3.47. The van der Waals surface area contributed by atoms with Gasteiger partial charge in [-0.2, -0.15) is 0 Å². The van der Waals surface area contributed by atoms with Crippen LogP contribution in [0.3, 0.4) is 0 Å². The third-order valence-electron chi connectivity index (χ3n) is 5.02. The number of benzene rings is 1. The lowest BCUT2D eigenvalue weighted by Crippen LogP contribution is -2.30. The monoisotopic (exact) mass is 259 g/mol. The van der Waals surface area contributed by atoms with Crippen LogP contribution in [-0.2, 0) is 6.42 Å². The summed E-state index contributed by atoms with van der Waals surface area (Å²) in [4.78, 5) is 0.